The Morgan fingerprint density at radius 3 is 2.24 bits per heavy atom. The fourth-order valence-electron chi connectivity index (χ4n) is 2.70. The van der Waals surface area contributed by atoms with Gasteiger partial charge in [-0.3, -0.25) is 14.9 Å². The van der Waals surface area contributed by atoms with Crippen LogP contribution in [0.5, 0.6) is 11.5 Å². The smallest absolute Gasteiger partial charge is 0.346 e. The SMILES string of the molecule is COc1cc(C(=O)O[C@@H](C)C(=O)N(C)Cc2ccccc2)c([N+](=O)[O-])cc1OC. The number of benzene rings is 2. The fraction of sp³-hybridized carbons (Fsp3) is 0.300. The van der Waals surface area contributed by atoms with Crippen molar-refractivity contribution in [3.63, 3.8) is 0 Å². The van der Waals surface area contributed by atoms with Gasteiger partial charge in [-0.15, -0.1) is 0 Å². The van der Waals surface area contributed by atoms with Gasteiger partial charge in [0.2, 0.25) is 0 Å². The van der Waals surface area contributed by atoms with Crippen molar-refractivity contribution >= 4 is 17.6 Å². The van der Waals surface area contributed by atoms with Gasteiger partial charge >= 0.3 is 5.97 Å². The molecule has 0 fully saturated rings. The van der Waals surface area contributed by atoms with Crippen LogP contribution in [0.25, 0.3) is 0 Å². The quantitative estimate of drug-likeness (QED) is 0.379. The van der Waals surface area contributed by atoms with E-state index in [2.05, 4.69) is 0 Å². The number of methoxy groups -OCH3 is 2. The molecule has 0 aliphatic carbocycles. The minimum absolute atomic E-state index is 0.0995. The van der Waals surface area contributed by atoms with Crippen molar-refractivity contribution in [2.24, 2.45) is 0 Å². The van der Waals surface area contributed by atoms with Gasteiger partial charge in [0.25, 0.3) is 11.6 Å². The van der Waals surface area contributed by atoms with Gasteiger partial charge in [-0.05, 0) is 12.5 Å². The number of nitro benzene ring substituents is 1. The molecule has 1 atom stereocenters. The van der Waals surface area contributed by atoms with E-state index in [1.807, 2.05) is 30.3 Å². The molecular weight excluding hydrogens is 380 g/mol. The van der Waals surface area contributed by atoms with E-state index in [0.717, 1.165) is 17.7 Å². The van der Waals surface area contributed by atoms with Gasteiger partial charge in [0.05, 0.1) is 25.2 Å². The van der Waals surface area contributed by atoms with E-state index in [4.69, 9.17) is 14.2 Å². The minimum Gasteiger partial charge on any atom is -0.493 e. The topological polar surface area (TPSA) is 108 Å². The van der Waals surface area contributed by atoms with Crippen molar-refractivity contribution in [2.75, 3.05) is 21.3 Å². The lowest BCUT2D eigenvalue weighted by atomic mass is 10.1. The highest BCUT2D eigenvalue weighted by Crippen LogP contribution is 2.35. The van der Waals surface area contributed by atoms with Crippen molar-refractivity contribution in [1.29, 1.82) is 0 Å². The molecule has 0 bridgehead atoms. The molecule has 0 aromatic heterocycles. The Balaban J connectivity index is 2.18. The average molecular weight is 402 g/mol. The molecule has 0 N–H and O–H groups in total. The van der Waals surface area contributed by atoms with Crippen LogP contribution in [0.15, 0.2) is 42.5 Å². The molecule has 0 heterocycles. The number of carbonyl (C=O) groups is 2. The highest BCUT2D eigenvalue weighted by Gasteiger charge is 2.29. The molecule has 0 saturated heterocycles. The molecule has 154 valence electrons. The van der Waals surface area contributed by atoms with E-state index in [1.165, 1.54) is 26.0 Å². The molecule has 0 aliphatic rings. The van der Waals surface area contributed by atoms with Crippen LogP contribution >= 0.6 is 0 Å². The normalized spacial score (nSPS) is 11.3. The van der Waals surface area contributed by atoms with E-state index >= 15 is 0 Å². The number of carbonyl (C=O) groups excluding carboxylic acids is 2. The van der Waals surface area contributed by atoms with E-state index < -0.39 is 28.6 Å². The van der Waals surface area contributed by atoms with Crippen LogP contribution in [0.3, 0.4) is 0 Å². The molecule has 9 nitrogen and oxygen atoms in total. The van der Waals surface area contributed by atoms with Crippen LogP contribution < -0.4 is 9.47 Å². The molecule has 0 radical (unpaired) electrons. The molecule has 2 aromatic carbocycles. The highest BCUT2D eigenvalue weighted by molar-refractivity contribution is 5.96. The first-order chi connectivity index (χ1) is 13.8. The van der Waals surface area contributed by atoms with Crippen LogP contribution in [-0.2, 0) is 16.1 Å². The summed E-state index contributed by atoms with van der Waals surface area (Å²) in [5.74, 6) is -1.22. The second kappa shape index (κ2) is 9.54. The number of amides is 1. The predicted molar refractivity (Wildman–Crippen MR) is 104 cm³/mol. The first kappa shape index (κ1) is 21.7. The Labute approximate surface area is 167 Å². The molecule has 9 heteroatoms. The maximum Gasteiger partial charge on any atom is 0.346 e. The third-order valence-electron chi connectivity index (χ3n) is 4.19. The Bertz CT molecular complexity index is 899. The summed E-state index contributed by atoms with van der Waals surface area (Å²) in [5.41, 5.74) is 0.0698. The lowest BCUT2D eigenvalue weighted by molar-refractivity contribution is -0.385. The van der Waals surface area contributed by atoms with Crippen molar-refractivity contribution in [3.05, 3.63) is 63.7 Å². The lowest BCUT2D eigenvalue weighted by Crippen LogP contribution is -2.37. The summed E-state index contributed by atoms with van der Waals surface area (Å²) >= 11 is 0. The van der Waals surface area contributed by atoms with Gasteiger partial charge < -0.3 is 19.1 Å². The summed E-state index contributed by atoms with van der Waals surface area (Å²) in [7, 11) is 4.24. The Kier molecular flexibility index (Phi) is 7.13. The standard InChI is InChI=1S/C20H22N2O7/c1-13(19(23)21(2)12-14-8-6-5-7-9-14)29-20(24)15-10-17(27-3)18(28-4)11-16(15)22(25)26/h5-11,13H,12H2,1-4H3/t13-/m0/s1. The van der Waals surface area contributed by atoms with Crippen LogP contribution in [0, 0.1) is 10.1 Å². The number of likely N-dealkylation sites (N-methyl/N-ethyl adjacent to an activating group) is 1. The first-order valence-corrected chi connectivity index (χ1v) is 8.68. The van der Waals surface area contributed by atoms with Crippen LogP contribution in [0.4, 0.5) is 5.69 Å². The molecule has 0 unspecified atom stereocenters. The molecular formula is C20H22N2O7. The van der Waals surface area contributed by atoms with Crippen molar-refractivity contribution < 1.29 is 28.7 Å². The predicted octanol–water partition coefficient (Wildman–Crippen LogP) is 2.82. The van der Waals surface area contributed by atoms with Crippen LogP contribution in [0.1, 0.15) is 22.8 Å². The van der Waals surface area contributed by atoms with Gasteiger partial charge in [-0.2, -0.15) is 0 Å². The van der Waals surface area contributed by atoms with Gasteiger partial charge in [-0.1, -0.05) is 30.3 Å². The van der Waals surface area contributed by atoms with Gasteiger partial charge in [-0.25, -0.2) is 4.79 Å². The zero-order valence-corrected chi connectivity index (χ0v) is 16.6. The number of hydrogen-bond donors (Lipinski definition) is 0. The van der Waals surface area contributed by atoms with E-state index in [-0.39, 0.29) is 17.1 Å². The van der Waals surface area contributed by atoms with E-state index in [9.17, 15) is 19.7 Å². The second-order valence-electron chi connectivity index (χ2n) is 6.21. The number of rotatable bonds is 8. The fourth-order valence-corrected chi connectivity index (χ4v) is 2.70. The molecule has 0 spiro atoms. The van der Waals surface area contributed by atoms with Crippen molar-refractivity contribution in [1.82, 2.24) is 4.90 Å². The zero-order valence-electron chi connectivity index (χ0n) is 16.6. The minimum atomic E-state index is -1.14. The highest BCUT2D eigenvalue weighted by atomic mass is 16.6. The third-order valence-corrected chi connectivity index (χ3v) is 4.19. The van der Waals surface area contributed by atoms with Crippen LogP contribution in [-0.4, -0.2) is 49.1 Å². The molecule has 0 aliphatic heterocycles. The number of ether oxygens (including phenoxy) is 3. The van der Waals surface area contributed by atoms with Gasteiger partial charge in [0.15, 0.2) is 17.6 Å². The summed E-state index contributed by atoms with van der Waals surface area (Å²) in [4.78, 5) is 37.1. The number of esters is 1. The molecule has 2 rings (SSSR count). The Hall–Kier alpha value is -3.62. The lowest BCUT2D eigenvalue weighted by Gasteiger charge is -2.21. The number of nitro groups is 1. The van der Waals surface area contributed by atoms with Crippen molar-refractivity contribution in [3.8, 4) is 11.5 Å². The Morgan fingerprint density at radius 2 is 1.69 bits per heavy atom. The second-order valence-corrected chi connectivity index (χ2v) is 6.21. The van der Waals surface area contributed by atoms with E-state index in [0.29, 0.717) is 6.54 Å². The third kappa shape index (κ3) is 5.22. The maximum absolute atomic E-state index is 12.5. The summed E-state index contributed by atoms with van der Waals surface area (Å²) in [5, 5.41) is 11.4. The zero-order chi connectivity index (χ0) is 21.6. The van der Waals surface area contributed by atoms with Gasteiger partial charge in [0.1, 0.15) is 5.56 Å². The number of nitrogens with zero attached hydrogens (tertiary/aromatic N) is 2. The summed E-state index contributed by atoms with van der Waals surface area (Å²) in [6.07, 6.45) is -1.14. The Morgan fingerprint density at radius 1 is 1.10 bits per heavy atom. The van der Waals surface area contributed by atoms with Crippen LogP contribution in [0.2, 0.25) is 0 Å². The largest absolute Gasteiger partial charge is 0.493 e. The molecule has 2 aromatic rings. The molecule has 1 amide bonds. The van der Waals surface area contributed by atoms with Crippen molar-refractivity contribution in [2.45, 2.75) is 19.6 Å². The molecule has 0 saturated carbocycles. The monoisotopic (exact) mass is 402 g/mol. The summed E-state index contributed by atoms with van der Waals surface area (Å²) < 4.78 is 15.3. The first-order valence-electron chi connectivity index (χ1n) is 8.68. The molecule has 29 heavy (non-hydrogen) atoms. The van der Waals surface area contributed by atoms with E-state index in [1.54, 1.807) is 7.05 Å². The summed E-state index contributed by atoms with van der Waals surface area (Å²) in [6.45, 7) is 1.74. The average Bonchev–Trinajstić information content (AvgIpc) is 2.72. The van der Waals surface area contributed by atoms with Gasteiger partial charge in [0, 0.05) is 19.7 Å². The summed E-state index contributed by atoms with van der Waals surface area (Å²) in [6, 6.07) is 11.5. The number of hydrogen-bond acceptors (Lipinski definition) is 7. The maximum atomic E-state index is 12.5.